The van der Waals surface area contributed by atoms with E-state index in [2.05, 4.69) is 15.2 Å². The van der Waals surface area contributed by atoms with Crippen LogP contribution in [0.1, 0.15) is 5.69 Å². The summed E-state index contributed by atoms with van der Waals surface area (Å²) in [5.74, 6) is -0.929. The Labute approximate surface area is 128 Å². The lowest BCUT2D eigenvalue weighted by Crippen LogP contribution is -2.29. The van der Waals surface area contributed by atoms with Crippen molar-refractivity contribution in [1.82, 2.24) is 9.78 Å². The molecule has 23 heavy (non-hydrogen) atoms. The molecule has 1 amide bonds. The predicted octanol–water partition coefficient (Wildman–Crippen LogP) is 2.09. The molecule has 6 nitrogen and oxygen atoms in total. The largest absolute Gasteiger partial charge is 0.573 e. The van der Waals surface area contributed by atoms with Gasteiger partial charge in [-0.05, 0) is 37.3 Å². The van der Waals surface area contributed by atoms with Crippen molar-refractivity contribution in [2.24, 2.45) is 0 Å². The summed E-state index contributed by atoms with van der Waals surface area (Å²) in [6.07, 6.45) is -4.78. The fourth-order valence-electron chi connectivity index (χ4n) is 1.74. The van der Waals surface area contributed by atoms with Crippen LogP contribution in [0.15, 0.2) is 41.2 Å². The Balaban J connectivity index is 2.00. The van der Waals surface area contributed by atoms with E-state index in [0.717, 1.165) is 16.8 Å². The van der Waals surface area contributed by atoms with Gasteiger partial charge in [0, 0.05) is 11.8 Å². The van der Waals surface area contributed by atoms with E-state index >= 15 is 0 Å². The highest BCUT2D eigenvalue weighted by molar-refractivity contribution is 5.90. The van der Waals surface area contributed by atoms with Crippen molar-refractivity contribution >= 4 is 11.6 Å². The van der Waals surface area contributed by atoms with Crippen LogP contribution in [-0.4, -0.2) is 22.1 Å². The third kappa shape index (κ3) is 5.13. The first kappa shape index (κ1) is 16.5. The number of anilines is 1. The fraction of sp³-hybridized carbons (Fsp3) is 0.214. The summed E-state index contributed by atoms with van der Waals surface area (Å²) in [5.41, 5.74) is 0.413. The molecule has 0 fully saturated rings. The molecule has 0 aliphatic heterocycles. The van der Waals surface area contributed by atoms with Crippen LogP contribution in [0.3, 0.4) is 0 Å². The van der Waals surface area contributed by atoms with Gasteiger partial charge in [0.25, 0.3) is 5.56 Å². The number of aryl methyl sites for hydroxylation is 1. The molecule has 0 spiro atoms. The van der Waals surface area contributed by atoms with E-state index < -0.39 is 23.6 Å². The normalized spacial score (nSPS) is 11.1. The molecule has 0 unspecified atom stereocenters. The molecule has 9 heteroatoms. The van der Waals surface area contributed by atoms with Crippen LogP contribution in [0.4, 0.5) is 18.9 Å². The van der Waals surface area contributed by atoms with Gasteiger partial charge in [0.2, 0.25) is 5.91 Å². The lowest BCUT2D eigenvalue weighted by molar-refractivity contribution is -0.274. The Morgan fingerprint density at radius 2 is 1.87 bits per heavy atom. The molecule has 0 bridgehead atoms. The van der Waals surface area contributed by atoms with Crippen molar-refractivity contribution in [3.8, 4) is 5.75 Å². The molecule has 1 aromatic heterocycles. The number of carbonyl (C=O) groups excluding carboxylic acids is 1. The van der Waals surface area contributed by atoms with E-state index in [0.29, 0.717) is 5.69 Å². The maximum atomic E-state index is 12.0. The van der Waals surface area contributed by atoms with Crippen LogP contribution in [0.5, 0.6) is 5.75 Å². The summed E-state index contributed by atoms with van der Waals surface area (Å²) < 4.78 is 40.8. The van der Waals surface area contributed by atoms with E-state index in [1.165, 1.54) is 24.3 Å². The summed E-state index contributed by atoms with van der Waals surface area (Å²) in [5, 5.41) is 6.36. The van der Waals surface area contributed by atoms with Crippen LogP contribution < -0.4 is 15.6 Å². The summed E-state index contributed by atoms with van der Waals surface area (Å²) in [6, 6.07) is 7.46. The molecule has 0 radical (unpaired) electrons. The van der Waals surface area contributed by atoms with Gasteiger partial charge in [0.15, 0.2) is 0 Å². The molecule has 0 saturated carbocycles. The zero-order valence-electron chi connectivity index (χ0n) is 11.9. The van der Waals surface area contributed by atoms with Crippen LogP contribution in [0.2, 0.25) is 0 Å². The van der Waals surface area contributed by atoms with Gasteiger partial charge in [0.05, 0.1) is 5.69 Å². The minimum atomic E-state index is -4.78. The van der Waals surface area contributed by atoms with E-state index in [-0.39, 0.29) is 12.2 Å². The lowest BCUT2D eigenvalue weighted by Gasteiger charge is -2.10. The Kier molecular flexibility index (Phi) is 4.68. The highest BCUT2D eigenvalue weighted by atomic mass is 19.4. The zero-order valence-corrected chi connectivity index (χ0v) is 11.9. The molecule has 0 aliphatic carbocycles. The average molecular weight is 327 g/mol. The standard InChI is InChI=1S/C14H12F3N3O3/c1-9-2-7-13(22)20(19-9)8-12(21)18-10-3-5-11(6-4-10)23-14(15,16)17/h2-7H,8H2,1H3,(H,18,21). The van der Waals surface area contributed by atoms with Crippen molar-refractivity contribution in [1.29, 1.82) is 0 Å². The van der Waals surface area contributed by atoms with Crippen LogP contribution in [0, 0.1) is 6.92 Å². The minimum absolute atomic E-state index is 0.269. The molecule has 2 aromatic rings. The smallest absolute Gasteiger partial charge is 0.406 e. The molecule has 122 valence electrons. The Hall–Kier alpha value is -2.84. The quantitative estimate of drug-likeness (QED) is 0.933. The van der Waals surface area contributed by atoms with Gasteiger partial charge in [-0.25, -0.2) is 4.68 Å². The van der Waals surface area contributed by atoms with Crippen molar-refractivity contribution in [3.63, 3.8) is 0 Å². The second kappa shape index (κ2) is 6.51. The monoisotopic (exact) mass is 327 g/mol. The first-order valence-electron chi connectivity index (χ1n) is 6.43. The first-order valence-corrected chi connectivity index (χ1v) is 6.43. The highest BCUT2D eigenvalue weighted by Gasteiger charge is 2.30. The summed E-state index contributed by atoms with van der Waals surface area (Å²) in [6.45, 7) is 1.37. The Morgan fingerprint density at radius 1 is 1.22 bits per heavy atom. The maximum Gasteiger partial charge on any atom is 0.573 e. The van der Waals surface area contributed by atoms with Crippen molar-refractivity contribution in [3.05, 3.63) is 52.4 Å². The fourth-order valence-corrected chi connectivity index (χ4v) is 1.74. The third-order valence-corrected chi connectivity index (χ3v) is 2.66. The van der Waals surface area contributed by atoms with Crippen LogP contribution in [0.25, 0.3) is 0 Å². The van der Waals surface area contributed by atoms with E-state index in [9.17, 15) is 22.8 Å². The van der Waals surface area contributed by atoms with Gasteiger partial charge < -0.3 is 10.1 Å². The number of alkyl halides is 3. The maximum absolute atomic E-state index is 12.0. The SMILES string of the molecule is Cc1ccc(=O)n(CC(=O)Nc2ccc(OC(F)(F)F)cc2)n1. The number of halogens is 3. The average Bonchev–Trinajstić information content (AvgIpc) is 2.43. The Morgan fingerprint density at radius 3 is 2.48 bits per heavy atom. The number of carbonyl (C=O) groups is 1. The van der Waals surface area contributed by atoms with Crippen LogP contribution >= 0.6 is 0 Å². The molecular formula is C14H12F3N3O3. The highest BCUT2D eigenvalue weighted by Crippen LogP contribution is 2.23. The number of amides is 1. The van der Waals surface area contributed by atoms with Crippen molar-refractivity contribution < 1.29 is 22.7 Å². The van der Waals surface area contributed by atoms with E-state index in [4.69, 9.17) is 0 Å². The summed E-state index contributed by atoms with van der Waals surface area (Å²) in [7, 11) is 0. The number of rotatable bonds is 4. The third-order valence-electron chi connectivity index (χ3n) is 2.66. The van der Waals surface area contributed by atoms with Gasteiger partial charge in [-0.2, -0.15) is 5.10 Å². The van der Waals surface area contributed by atoms with Crippen LogP contribution in [-0.2, 0) is 11.3 Å². The molecule has 1 N–H and O–H groups in total. The summed E-state index contributed by atoms with van der Waals surface area (Å²) in [4.78, 5) is 23.4. The second-order valence-electron chi connectivity index (χ2n) is 4.59. The number of aromatic nitrogens is 2. The number of hydrogen-bond donors (Lipinski definition) is 1. The number of nitrogens with one attached hydrogen (secondary N) is 1. The molecule has 2 rings (SSSR count). The second-order valence-corrected chi connectivity index (χ2v) is 4.59. The molecule has 1 heterocycles. The number of ether oxygens (including phenoxy) is 1. The van der Waals surface area contributed by atoms with E-state index in [1.54, 1.807) is 6.92 Å². The van der Waals surface area contributed by atoms with Gasteiger partial charge in [-0.1, -0.05) is 0 Å². The van der Waals surface area contributed by atoms with Crippen molar-refractivity contribution in [2.75, 3.05) is 5.32 Å². The molecule has 0 atom stereocenters. The van der Waals surface area contributed by atoms with E-state index in [1.807, 2.05) is 0 Å². The number of nitrogens with zero attached hydrogens (tertiary/aromatic N) is 2. The molecule has 0 saturated heterocycles. The number of benzene rings is 1. The summed E-state index contributed by atoms with van der Waals surface area (Å²) >= 11 is 0. The minimum Gasteiger partial charge on any atom is -0.406 e. The number of hydrogen-bond acceptors (Lipinski definition) is 4. The lowest BCUT2D eigenvalue weighted by atomic mass is 10.3. The molecule has 0 aliphatic rings. The first-order chi connectivity index (χ1) is 10.7. The van der Waals surface area contributed by atoms with Gasteiger partial charge in [0.1, 0.15) is 12.3 Å². The predicted molar refractivity (Wildman–Crippen MR) is 75.0 cm³/mol. The van der Waals surface area contributed by atoms with Crippen molar-refractivity contribution in [2.45, 2.75) is 19.8 Å². The van der Waals surface area contributed by atoms with Gasteiger partial charge in [-0.15, -0.1) is 13.2 Å². The zero-order chi connectivity index (χ0) is 17.0. The van der Waals surface area contributed by atoms with Gasteiger partial charge in [-0.3, -0.25) is 9.59 Å². The molecule has 1 aromatic carbocycles. The Bertz CT molecular complexity index is 754. The van der Waals surface area contributed by atoms with Gasteiger partial charge >= 0.3 is 6.36 Å². The molecular weight excluding hydrogens is 315 g/mol. The topological polar surface area (TPSA) is 73.2 Å².